The lowest BCUT2D eigenvalue weighted by Gasteiger charge is -2.15. The Morgan fingerprint density at radius 3 is 3.04 bits per heavy atom. The molecule has 28 heavy (non-hydrogen) atoms. The maximum absolute atomic E-state index is 12.1. The van der Waals surface area contributed by atoms with Gasteiger partial charge in [0.1, 0.15) is 11.5 Å². The number of aryl methyl sites for hydroxylation is 2. The molecule has 0 saturated heterocycles. The highest BCUT2D eigenvalue weighted by atomic mass is 16.5. The highest BCUT2D eigenvalue weighted by Gasteiger charge is 2.29. The number of H-pyrrole nitrogens is 1. The first kappa shape index (κ1) is 18.2. The van der Waals surface area contributed by atoms with E-state index >= 15 is 0 Å². The predicted molar refractivity (Wildman–Crippen MR) is 102 cm³/mol. The van der Waals surface area contributed by atoms with Gasteiger partial charge >= 0.3 is 0 Å². The van der Waals surface area contributed by atoms with E-state index in [0.29, 0.717) is 17.5 Å². The van der Waals surface area contributed by atoms with Gasteiger partial charge in [0.2, 0.25) is 5.91 Å². The minimum Gasteiger partial charge on any atom is -0.489 e. The molecule has 0 bridgehead atoms. The van der Waals surface area contributed by atoms with Gasteiger partial charge in [-0.15, -0.1) is 0 Å². The molecule has 0 aliphatic heterocycles. The second kappa shape index (κ2) is 7.84. The van der Waals surface area contributed by atoms with Gasteiger partial charge < -0.3 is 14.6 Å². The maximum atomic E-state index is 12.1. The Hall–Kier alpha value is -3.16. The monoisotopic (exact) mass is 381 g/mol. The van der Waals surface area contributed by atoms with E-state index in [1.54, 1.807) is 18.5 Å². The third kappa shape index (κ3) is 4.21. The summed E-state index contributed by atoms with van der Waals surface area (Å²) in [4.78, 5) is 16.3. The molecule has 2 N–H and O–H groups in total. The second-order valence-electron chi connectivity index (χ2n) is 7.26. The van der Waals surface area contributed by atoms with Crippen molar-refractivity contribution in [3.63, 3.8) is 0 Å². The van der Waals surface area contributed by atoms with Crippen molar-refractivity contribution in [2.24, 2.45) is 0 Å². The fourth-order valence-corrected chi connectivity index (χ4v) is 3.54. The van der Waals surface area contributed by atoms with Crippen LogP contribution in [0.15, 0.2) is 35.1 Å². The molecule has 3 heterocycles. The summed E-state index contributed by atoms with van der Waals surface area (Å²) in [6.45, 7) is 3.84. The second-order valence-corrected chi connectivity index (χ2v) is 7.26. The molecule has 1 fully saturated rings. The molecule has 146 valence electrons. The van der Waals surface area contributed by atoms with Crippen LogP contribution in [0.4, 0.5) is 5.82 Å². The van der Waals surface area contributed by atoms with E-state index in [1.807, 2.05) is 26.0 Å². The Morgan fingerprint density at radius 2 is 2.25 bits per heavy atom. The van der Waals surface area contributed by atoms with Gasteiger partial charge in [0.25, 0.3) is 0 Å². The fraction of sp³-hybridized carbons (Fsp3) is 0.400. The van der Waals surface area contributed by atoms with Crippen LogP contribution in [-0.2, 0) is 11.2 Å². The minimum atomic E-state index is -0.186. The standard InChI is InChI=1S/C20H23N5O3/c1-12-5-6-21-11-18(12)27-15-4-3-14(8-15)17-10-19(24-23-17)22-20(26)9-16-7-13(2)25-28-16/h5-7,10-11,14-15H,3-4,8-9H2,1-2H3,(H2,22,23,24,26)/t14-,15+/m1/s1. The van der Waals surface area contributed by atoms with E-state index in [0.717, 1.165) is 42.0 Å². The molecule has 1 saturated carbocycles. The lowest BCUT2D eigenvalue weighted by Crippen LogP contribution is -2.14. The Bertz CT molecular complexity index is 964. The minimum absolute atomic E-state index is 0.132. The highest BCUT2D eigenvalue weighted by molar-refractivity contribution is 5.91. The molecule has 3 aromatic rings. The number of pyridine rings is 1. The Kier molecular flexibility index (Phi) is 5.10. The number of rotatable bonds is 6. The lowest BCUT2D eigenvalue weighted by molar-refractivity contribution is -0.115. The van der Waals surface area contributed by atoms with Crippen molar-refractivity contribution in [3.8, 4) is 5.75 Å². The molecule has 8 heteroatoms. The van der Waals surface area contributed by atoms with E-state index < -0.39 is 0 Å². The molecule has 0 spiro atoms. The Labute approximate surface area is 162 Å². The van der Waals surface area contributed by atoms with Crippen LogP contribution in [-0.4, -0.2) is 32.3 Å². The average molecular weight is 381 g/mol. The SMILES string of the molecule is Cc1cc(CC(=O)Nc2cc([C@@H]3CC[C@H](Oc4cnccc4C)C3)[nH]n2)on1. The summed E-state index contributed by atoms with van der Waals surface area (Å²) in [5.74, 6) is 2.04. The average Bonchev–Trinajstić information content (AvgIpc) is 3.39. The first-order valence-electron chi connectivity index (χ1n) is 9.41. The Morgan fingerprint density at radius 1 is 1.36 bits per heavy atom. The van der Waals surface area contributed by atoms with Crippen LogP contribution in [0.5, 0.6) is 5.75 Å². The van der Waals surface area contributed by atoms with Gasteiger partial charge in [-0.3, -0.25) is 14.9 Å². The number of anilines is 1. The number of ether oxygens (including phenoxy) is 1. The smallest absolute Gasteiger partial charge is 0.233 e. The molecule has 1 amide bonds. The summed E-state index contributed by atoms with van der Waals surface area (Å²) < 4.78 is 11.2. The van der Waals surface area contributed by atoms with E-state index in [-0.39, 0.29) is 18.4 Å². The van der Waals surface area contributed by atoms with Crippen molar-refractivity contribution in [1.82, 2.24) is 20.3 Å². The van der Waals surface area contributed by atoms with Crippen LogP contribution >= 0.6 is 0 Å². The zero-order chi connectivity index (χ0) is 19.5. The number of carbonyl (C=O) groups excluding carboxylic acids is 1. The van der Waals surface area contributed by atoms with Crippen molar-refractivity contribution in [3.05, 3.63) is 53.3 Å². The summed E-state index contributed by atoms with van der Waals surface area (Å²) in [5, 5.41) is 13.8. The van der Waals surface area contributed by atoms with Gasteiger partial charge in [0, 0.05) is 29.9 Å². The molecule has 2 atom stereocenters. The molecule has 1 aliphatic carbocycles. The van der Waals surface area contributed by atoms with Crippen LogP contribution in [0.1, 0.15) is 47.9 Å². The predicted octanol–water partition coefficient (Wildman–Crippen LogP) is 3.31. The van der Waals surface area contributed by atoms with E-state index in [4.69, 9.17) is 9.26 Å². The van der Waals surface area contributed by atoms with Gasteiger partial charge in [0.05, 0.1) is 24.4 Å². The fourth-order valence-electron chi connectivity index (χ4n) is 3.54. The molecular weight excluding hydrogens is 358 g/mol. The number of amides is 1. The van der Waals surface area contributed by atoms with Crippen molar-refractivity contribution in [2.45, 2.75) is 51.6 Å². The lowest BCUT2D eigenvalue weighted by atomic mass is 10.0. The summed E-state index contributed by atoms with van der Waals surface area (Å²) >= 11 is 0. The molecule has 8 nitrogen and oxygen atoms in total. The van der Waals surface area contributed by atoms with Crippen molar-refractivity contribution in [1.29, 1.82) is 0 Å². The first-order valence-corrected chi connectivity index (χ1v) is 9.41. The zero-order valence-electron chi connectivity index (χ0n) is 15.9. The third-order valence-corrected chi connectivity index (χ3v) is 4.99. The third-order valence-electron chi connectivity index (χ3n) is 4.99. The number of carbonyl (C=O) groups is 1. The number of nitrogens with zero attached hydrogens (tertiary/aromatic N) is 3. The van der Waals surface area contributed by atoms with E-state index in [1.165, 1.54) is 0 Å². The van der Waals surface area contributed by atoms with Crippen LogP contribution in [0, 0.1) is 13.8 Å². The molecule has 0 aromatic carbocycles. The number of nitrogens with one attached hydrogen (secondary N) is 2. The van der Waals surface area contributed by atoms with Crippen LogP contribution in [0.25, 0.3) is 0 Å². The molecule has 4 rings (SSSR count). The summed E-state index contributed by atoms with van der Waals surface area (Å²) in [6.07, 6.45) is 6.71. The van der Waals surface area contributed by atoms with Crippen LogP contribution in [0.3, 0.4) is 0 Å². The molecule has 1 aliphatic rings. The summed E-state index contributed by atoms with van der Waals surface area (Å²) in [6, 6.07) is 5.59. The summed E-state index contributed by atoms with van der Waals surface area (Å²) in [7, 11) is 0. The topological polar surface area (TPSA) is 106 Å². The largest absolute Gasteiger partial charge is 0.489 e. The molecular formula is C20H23N5O3. The first-order chi connectivity index (χ1) is 13.6. The highest BCUT2D eigenvalue weighted by Crippen LogP contribution is 2.36. The van der Waals surface area contributed by atoms with Crippen molar-refractivity contribution < 1.29 is 14.1 Å². The van der Waals surface area contributed by atoms with Gasteiger partial charge in [-0.25, -0.2) is 0 Å². The zero-order valence-corrected chi connectivity index (χ0v) is 15.9. The van der Waals surface area contributed by atoms with Gasteiger partial charge in [-0.05, 0) is 44.7 Å². The van der Waals surface area contributed by atoms with Gasteiger partial charge in [0.15, 0.2) is 5.82 Å². The van der Waals surface area contributed by atoms with Crippen LogP contribution < -0.4 is 10.1 Å². The Balaban J connectivity index is 1.32. The van der Waals surface area contributed by atoms with Gasteiger partial charge in [-0.2, -0.15) is 5.10 Å². The number of aromatic amines is 1. The normalized spacial score (nSPS) is 18.9. The molecule has 0 unspecified atom stereocenters. The maximum Gasteiger partial charge on any atom is 0.233 e. The van der Waals surface area contributed by atoms with E-state index in [9.17, 15) is 4.79 Å². The van der Waals surface area contributed by atoms with Crippen molar-refractivity contribution >= 4 is 11.7 Å². The molecule has 0 radical (unpaired) electrons. The summed E-state index contributed by atoms with van der Waals surface area (Å²) in [5.41, 5.74) is 2.86. The van der Waals surface area contributed by atoms with E-state index in [2.05, 4.69) is 25.7 Å². The van der Waals surface area contributed by atoms with Crippen molar-refractivity contribution in [2.75, 3.05) is 5.32 Å². The molecule has 3 aromatic heterocycles. The van der Waals surface area contributed by atoms with Gasteiger partial charge in [-0.1, -0.05) is 5.16 Å². The number of hydrogen-bond donors (Lipinski definition) is 2. The van der Waals surface area contributed by atoms with Crippen LogP contribution in [0.2, 0.25) is 0 Å². The number of hydrogen-bond acceptors (Lipinski definition) is 6. The number of aromatic nitrogens is 4. The quantitative estimate of drug-likeness (QED) is 0.678.